The maximum atomic E-state index is 12.9. The van der Waals surface area contributed by atoms with Crippen molar-refractivity contribution in [1.29, 1.82) is 0 Å². The smallest absolute Gasteiger partial charge is 0.294 e. The number of nitro groups is 1. The summed E-state index contributed by atoms with van der Waals surface area (Å²) in [5.74, 6) is -0.612. The van der Waals surface area contributed by atoms with E-state index in [1.807, 2.05) is 26.0 Å². The van der Waals surface area contributed by atoms with E-state index in [0.717, 1.165) is 27.8 Å². The highest BCUT2D eigenvalue weighted by Crippen LogP contribution is 2.34. The highest BCUT2D eigenvalue weighted by molar-refractivity contribution is 8.18. The molecule has 3 amide bonds. The van der Waals surface area contributed by atoms with Crippen molar-refractivity contribution in [3.63, 3.8) is 0 Å². The number of nitrogens with one attached hydrogen (secondary N) is 1. The predicted molar refractivity (Wildman–Crippen MR) is 141 cm³/mol. The van der Waals surface area contributed by atoms with Crippen molar-refractivity contribution in [2.75, 3.05) is 11.9 Å². The van der Waals surface area contributed by atoms with Crippen molar-refractivity contribution in [3.05, 3.63) is 104 Å². The van der Waals surface area contributed by atoms with Crippen LogP contribution in [0.4, 0.5) is 16.2 Å². The first-order valence-corrected chi connectivity index (χ1v) is 12.1. The zero-order chi connectivity index (χ0) is 26.5. The summed E-state index contributed by atoms with van der Waals surface area (Å²) in [7, 11) is 0. The van der Waals surface area contributed by atoms with Crippen molar-refractivity contribution >= 4 is 46.3 Å². The number of anilines is 1. The topological polar surface area (TPSA) is 119 Å². The molecule has 188 valence electrons. The van der Waals surface area contributed by atoms with E-state index in [0.29, 0.717) is 22.6 Å². The summed E-state index contributed by atoms with van der Waals surface area (Å²) in [5.41, 5.74) is 3.81. The lowest BCUT2D eigenvalue weighted by Crippen LogP contribution is -2.36. The van der Waals surface area contributed by atoms with Gasteiger partial charge in [0.2, 0.25) is 5.91 Å². The second kappa shape index (κ2) is 11.1. The number of thioether (sulfide) groups is 1. The first-order valence-electron chi connectivity index (χ1n) is 11.3. The summed E-state index contributed by atoms with van der Waals surface area (Å²) in [4.78, 5) is 49.6. The molecule has 1 N–H and O–H groups in total. The maximum absolute atomic E-state index is 12.9. The zero-order valence-electron chi connectivity index (χ0n) is 20.1. The second-order valence-electron chi connectivity index (χ2n) is 8.37. The standard InChI is InChI=1S/C27H23N3O6S/c1-17-10-11-21(12-18(17)2)28-25(31)15-29-26(32)24(37-27(29)33)14-20-7-3-4-9-23(20)36-16-19-6-5-8-22(13-19)30(34)35/h3-14H,15-16H2,1-2H3,(H,28,31)/b24-14+. The van der Waals surface area contributed by atoms with Crippen LogP contribution in [-0.2, 0) is 16.2 Å². The molecule has 1 fully saturated rings. The monoisotopic (exact) mass is 517 g/mol. The van der Waals surface area contributed by atoms with Gasteiger partial charge in [-0.25, -0.2) is 0 Å². The molecule has 1 aliphatic rings. The van der Waals surface area contributed by atoms with Crippen LogP contribution in [0.1, 0.15) is 22.3 Å². The Morgan fingerprint density at radius 3 is 2.59 bits per heavy atom. The van der Waals surface area contributed by atoms with Crippen molar-refractivity contribution in [3.8, 4) is 5.75 Å². The Balaban J connectivity index is 1.45. The number of aryl methyl sites for hydroxylation is 2. The molecule has 10 heteroatoms. The number of nitro benzene ring substituents is 1. The number of amides is 3. The van der Waals surface area contributed by atoms with Gasteiger partial charge in [-0.15, -0.1) is 0 Å². The number of non-ortho nitro benzene ring substituents is 1. The van der Waals surface area contributed by atoms with Crippen LogP contribution in [0.15, 0.2) is 71.6 Å². The SMILES string of the molecule is Cc1ccc(NC(=O)CN2C(=O)S/C(=C/c3ccccc3OCc3cccc([N+](=O)[O-])c3)C2=O)cc1C. The lowest BCUT2D eigenvalue weighted by Gasteiger charge is -2.13. The Bertz CT molecular complexity index is 1440. The summed E-state index contributed by atoms with van der Waals surface area (Å²) in [6.45, 7) is 3.56. The molecule has 1 saturated heterocycles. The van der Waals surface area contributed by atoms with Crippen LogP contribution in [0.2, 0.25) is 0 Å². The van der Waals surface area contributed by atoms with Crippen LogP contribution >= 0.6 is 11.8 Å². The molecule has 0 aliphatic carbocycles. The van der Waals surface area contributed by atoms with Crippen LogP contribution in [-0.4, -0.2) is 33.4 Å². The molecule has 4 rings (SSSR count). The van der Waals surface area contributed by atoms with Crippen LogP contribution < -0.4 is 10.1 Å². The van der Waals surface area contributed by atoms with Gasteiger partial charge in [0.25, 0.3) is 16.8 Å². The summed E-state index contributed by atoms with van der Waals surface area (Å²) in [6, 6.07) is 18.5. The molecular formula is C27H23N3O6S. The average molecular weight is 518 g/mol. The molecule has 0 aromatic heterocycles. The molecule has 3 aromatic carbocycles. The van der Waals surface area contributed by atoms with Gasteiger partial charge >= 0.3 is 0 Å². The number of carbonyl (C=O) groups is 3. The molecule has 37 heavy (non-hydrogen) atoms. The number of hydrogen-bond acceptors (Lipinski definition) is 7. The maximum Gasteiger partial charge on any atom is 0.294 e. The van der Waals surface area contributed by atoms with E-state index >= 15 is 0 Å². The fourth-order valence-electron chi connectivity index (χ4n) is 3.59. The molecule has 0 saturated carbocycles. The van der Waals surface area contributed by atoms with Crippen molar-refractivity contribution in [2.45, 2.75) is 20.5 Å². The number of para-hydroxylation sites is 1. The third-order valence-corrected chi connectivity index (χ3v) is 6.59. The number of carbonyl (C=O) groups excluding carboxylic acids is 3. The van der Waals surface area contributed by atoms with Gasteiger partial charge in [-0.05, 0) is 66.6 Å². The highest BCUT2D eigenvalue weighted by atomic mass is 32.2. The van der Waals surface area contributed by atoms with Crippen LogP contribution in [0.5, 0.6) is 5.75 Å². The van der Waals surface area contributed by atoms with Crippen LogP contribution in [0.3, 0.4) is 0 Å². The van der Waals surface area contributed by atoms with Gasteiger partial charge in [-0.3, -0.25) is 29.4 Å². The summed E-state index contributed by atoms with van der Waals surface area (Å²) in [6.07, 6.45) is 1.54. The zero-order valence-corrected chi connectivity index (χ0v) is 20.9. The summed E-state index contributed by atoms with van der Waals surface area (Å²) >= 11 is 0.746. The van der Waals surface area contributed by atoms with E-state index in [1.165, 1.54) is 18.2 Å². The normalized spacial score (nSPS) is 14.2. The Labute approximate surface area is 217 Å². The Kier molecular flexibility index (Phi) is 7.69. The lowest BCUT2D eigenvalue weighted by atomic mass is 10.1. The first kappa shape index (κ1) is 25.6. The number of imide groups is 1. The first-order chi connectivity index (χ1) is 17.7. The Morgan fingerprint density at radius 1 is 1.05 bits per heavy atom. The van der Waals surface area contributed by atoms with Gasteiger partial charge in [-0.2, -0.15) is 0 Å². The molecule has 0 radical (unpaired) electrons. The highest BCUT2D eigenvalue weighted by Gasteiger charge is 2.36. The minimum atomic E-state index is -0.571. The number of hydrogen-bond donors (Lipinski definition) is 1. The van der Waals surface area contributed by atoms with Gasteiger partial charge in [-0.1, -0.05) is 36.4 Å². The van der Waals surface area contributed by atoms with E-state index in [4.69, 9.17) is 4.74 Å². The minimum absolute atomic E-state index is 0.0374. The quantitative estimate of drug-likeness (QED) is 0.239. The third-order valence-electron chi connectivity index (χ3n) is 5.69. The molecule has 0 bridgehead atoms. The molecule has 1 aliphatic heterocycles. The average Bonchev–Trinajstić information content (AvgIpc) is 3.13. The van der Waals surface area contributed by atoms with Gasteiger partial charge in [0.15, 0.2) is 0 Å². The molecule has 0 unspecified atom stereocenters. The summed E-state index contributed by atoms with van der Waals surface area (Å²) < 4.78 is 5.86. The van der Waals surface area contributed by atoms with E-state index in [1.54, 1.807) is 42.5 Å². The Hall–Kier alpha value is -4.44. The summed E-state index contributed by atoms with van der Waals surface area (Å²) in [5, 5.41) is 13.2. The Morgan fingerprint density at radius 2 is 1.84 bits per heavy atom. The van der Waals surface area contributed by atoms with Gasteiger partial charge in [0, 0.05) is 23.4 Å². The fraction of sp³-hybridized carbons (Fsp3) is 0.148. The molecule has 9 nitrogen and oxygen atoms in total. The van der Waals surface area contributed by atoms with Crippen LogP contribution in [0.25, 0.3) is 6.08 Å². The van der Waals surface area contributed by atoms with Gasteiger partial charge < -0.3 is 10.1 Å². The fourth-order valence-corrected chi connectivity index (χ4v) is 4.42. The van der Waals surface area contributed by atoms with Crippen molar-refractivity contribution < 1.29 is 24.0 Å². The van der Waals surface area contributed by atoms with Crippen LogP contribution in [0, 0.1) is 24.0 Å². The molecule has 3 aromatic rings. The second-order valence-corrected chi connectivity index (χ2v) is 9.36. The number of rotatable bonds is 8. The molecular weight excluding hydrogens is 494 g/mol. The van der Waals surface area contributed by atoms with Gasteiger partial charge in [0.1, 0.15) is 18.9 Å². The number of nitrogens with zero attached hydrogens (tertiary/aromatic N) is 2. The van der Waals surface area contributed by atoms with E-state index in [2.05, 4.69) is 5.32 Å². The van der Waals surface area contributed by atoms with Gasteiger partial charge in [0.05, 0.1) is 9.83 Å². The van der Waals surface area contributed by atoms with E-state index in [-0.39, 0.29) is 17.2 Å². The lowest BCUT2D eigenvalue weighted by molar-refractivity contribution is -0.384. The molecule has 0 spiro atoms. The number of benzene rings is 3. The largest absolute Gasteiger partial charge is 0.488 e. The van der Waals surface area contributed by atoms with Crippen molar-refractivity contribution in [1.82, 2.24) is 4.90 Å². The molecule has 0 atom stereocenters. The van der Waals surface area contributed by atoms with E-state index < -0.39 is 28.5 Å². The minimum Gasteiger partial charge on any atom is -0.488 e. The van der Waals surface area contributed by atoms with Crippen molar-refractivity contribution in [2.24, 2.45) is 0 Å². The number of ether oxygens (including phenoxy) is 1. The predicted octanol–water partition coefficient (Wildman–Crippen LogP) is 5.47. The molecule has 1 heterocycles. The third kappa shape index (κ3) is 6.22. The van der Waals surface area contributed by atoms with E-state index in [9.17, 15) is 24.5 Å².